The highest BCUT2D eigenvalue weighted by Crippen LogP contribution is 2.09. The van der Waals surface area contributed by atoms with E-state index < -0.39 is 89.8 Å². The predicted octanol–water partition coefficient (Wildman–Crippen LogP) is -2.63. The number of aliphatic carboxylic acids is 1. The molecular weight excluding hydrogens is 759 g/mol. The van der Waals surface area contributed by atoms with Gasteiger partial charge in [0, 0.05) is 42.4 Å². The fourth-order valence-corrected chi connectivity index (χ4v) is 5.79. The van der Waals surface area contributed by atoms with Gasteiger partial charge in [-0.05, 0) is 44.6 Å². The lowest BCUT2D eigenvalue weighted by atomic mass is 10.0. The lowest BCUT2D eigenvalue weighted by Crippen LogP contribution is -2.62. The maximum Gasteiger partial charge on any atom is 0.325 e. The average Bonchev–Trinajstić information content (AvgIpc) is 3.85. The minimum atomic E-state index is -1.64. The third-order valence-electron chi connectivity index (χ3n) is 8.14. The molecule has 0 bridgehead atoms. The molecule has 2 aromatic heterocycles. The number of hydrogen-bond donors (Lipinski definition) is 12. The molecule has 2 heterocycles. The van der Waals surface area contributed by atoms with Gasteiger partial charge in [0.15, 0.2) is 0 Å². The number of carbonyl (C=O) groups is 7. The third-order valence-corrected chi connectivity index (χ3v) is 9.15. The van der Waals surface area contributed by atoms with Crippen molar-refractivity contribution in [2.24, 2.45) is 11.7 Å². The van der Waals surface area contributed by atoms with E-state index in [1.807, 2.05) is 20.1 Å². The van der Waals surface area contributed by atoms with E-state index in [0.29, 0.717) is 23.6 Å². The number of amides is 6. The number of rotatable bonds is 24. The van der Waals surface area contributed by atoms with Crippen LogP contribution in [-0.4, -0.2) is 138 Å². The lowest BCUT2D eigenvalue weighted by molar-refractivity contribution is -0.142. The summed E-state index contributed by atoms with van der Waals surface area (Å²) in [5.41, 5.74) is 6.99. The number of nitrogens with one attached hydrogen (secondary N) is 8. The van der Waals surface area contributed by atoms with Gasteiger partial charge < -0.3 is 57.8 Å². The molecule has 2 rings (SSSR count). The molecule has 20 nitrogen and oxygen atoms in total. The van der Waals surface area contributed by atoms with Crippen LogP contribution < -0.4 is 37.6 Å². The van der Waals surface area contributed by atoms with Crippen molar-refractivity contribution in [3.63, 3.8) is 0 Å². The number of carboxylic acids is 1. The van der Waals surface area contributed by atoms with Gasteiger partial charge in [-0.2, -0.15) is 24.4 Å². The smallest absolute Gasteiger partial charge is 0.325 e. The van der Waals surface area contributed by atoms with Gasteiger partial charge in [0.25, 0.3) is 0 Å². The van der Waals surface area contributed by atoms with Crippen LogP contribution in [-0.2, 0) is 46.4 Å². The zero-order valence-electron chi connectivity index (χ0n) is 31.3. The summed E-state index contributed by atoms with van der Waals surface area (Å²) in [4.78, 5) is 105. The zero-order valence-corrected chi connectivity index (χ0v) is 33.0. The van der Waals surface area contributed by atoms with E-state index >= 15 is 0 Å². The van der Waals surface area contributed by atoms with E-state index in [2.05, 4.69) is 64.5 Å². The molecule has 0 saturated heterocycles. The standard InChI is InChI=1S/C33H53N11O9S2/c1-16(2)8-22(41-30(49)24(10-20-12-36-15-38-20)40-27(46)21(34)6-7-55-5)29(48)43-25(13-54)31(50)44-26(18(4)45)32(51)42-23(9-19-11-35-14-37-19)28(47)39-17(3)33(52)53/h11-12,14-18,21-26,45,54H,6-10,13,34H2,1-5H3,(H,35,37)(H,36,38)(H,39,47)(H,40,46)(H,41,49)(H,42,51)(H,43,48)(H,44,50)(H,52,53)/t17-,18+,21-,22-,23-,24-,25-,26-/m0/s1. The van der Waals surface area contributed by atoms with Gasteiger partial charge in [0.1, 0.15) is 36.3 Å². The number of aliphatic hydroxyl groups is 1. The van der Waals surface area contributed by atoms with Crippen LogP contribution in [0, 0.1) is 5.92 Å². The van der Waals surface area contributed by atoms with Crippen LogP contribution in [0.1, 0.15) is 51.9 Å². The summed E-state index contributed by atoms with van der Waals surface area (Å²) in [6.07, 6.45) is 6.40. The van der Waals surface area contributed by atoms with Gasteiger partial charge in [-0.25, -0.2) is 9.97 Å². The quantitative estimate of drug-likeness (QED) is 0.0484. The molecule has 0 aromatic carbocycles. The summed E-state index contributed by atoms with van der Waals surface area (Å²) in [6.45, 7) is 6.09. The van der Waals surface area contributed by atoms with Crippen LogP contribution in [0.4, 0.5) is 0 Å². The number of carbonyl (C=O) groups excluding carboxylic acids is 6. The van der Waals surface area contributed by atoms with Crippen molar-refractivity contribution in [1.82, 2.24) is 51.8 Å². The summed E-state index contributed by atoms with van der Waals surface area (Å²) < 4.78 is 0. The van der Waals surface area contributed by atoms with Crippen LogP contribution >= 0.6 is 24.4 Å². The molecular formula is C33H53N11O9S2. The number of nitrogens with two attached hydrogens (primary N) is 1. The first-order chi connectivity index (χ1) is 26.0. The van der Waals surface area contributed by atoms with Crippen LogP contribution in [0.25, 0.3) is 0 Å². The molecule has 22 heteroatoms. The number of imidazole rings is 2. The highest BCUT2D eigenvalue weighted by atomic mass is 32.2. The molecule has 0 aliphatic heterocycles. The maximum absolute atomic E-state index is 13.6. The number of thioether (sulfide) groups is 1. The van der Waals surface area contributed by atoms with Crippen molar-refractivity contribution >= 4 is 65.8 Å². The fraction of sp³-hybridized carbons (Fsp3) is 0.606. The predicted molar refractivity (Wildman–Crippen MR) is 205 cm³/mol. The molecule has 0 unspecified atom stereocenters. The molecule has 0 fully saturated rings. The zero-order chi connectivity index (χ0) is 41.2. The number of H-pyrrole nitrogens is 2. The second-order valence-electron chi connectivity index (χ2n) is 13.3. The van der Waals surface area contributed by atoms with Crippen molar-refractivity contribution < 1.29 is 43.8 Å². The minimum Gasteiger partial charge on any atom is -0.480 e. The monoisotopic (exact) mass is 811 g/mol. The Morgan fingerprint density at radius 3 is 1.67 bits per heavy atom. The largest absolute Gasteiger partial charge is 0.480 e. The van der Waals surface area contributed by atoms with Crippen molar-refractivity contribution in [3.8, 4) is 0 Å². The molecule has 0 aliphatic carbocycles. The number of aromatic nitrogens is 4. The number of hydrogen-bond acceptors (Lipinski definition) is 13. The van der Waals surface area contributed by atoms with E-state index in [1.165, 1.54) is 50.7 Å². The van der Waals surface area contributed by atoms with Gasteiger partial charge in [-0.1, -0.05) is 13.8 Å². The van der Waals surface area contributed by atoms with E-state index in [-0.39, 0.29) is 30.9 Å². The van der Waals surface area contributed by atoms with Gasteiger partial charge in [-0.15, -0.1) is 0 Å². The SMILES string of the molecule is CSCC[C@H](N)C(=O)N[C@@H](Cc1cnc[nH]1)C(=O)N[C@@H](CC(C)C)C(=O)N[C@@H](CS)C(=O)N[C@H](C(=O)N[C@@H](Cc1cnc[nH]1)C(=O)N[C@@H](C)C(=O)O)[C@@H](C)O. The first-order valence-corrected chi connectivity index (χ1v) is 19.5. The molecule has 55 heavy (non-hydrogen) atoms. The van der Waals surface area contributed by atoms with E-state index in [0.717, 1.165) is 0 Å². The minimum absolute atomic E-state index is 0.0102. The summed E-state index contributed by atoms with van der Waals surface area (Å²) in [5.74, 6) is -5.83. The number of nitrogens with zero attached hydrogens (tertiary/aromatic N) is 2. The first-order valence-electron chi connectivity index (χ1n) is 17.5. The van der Waals surface area contributed by atoms with E-state index in [9.17, 15) is 43.8 Å². The van der Waals surface area contributed by atoms with Crippen LogP contribution in [0.3, 0.4) is 0 Å². The Bertz CT molecular complexity index is 1560. The Balaban J connectivity index is 2.21. The average molecular weight is 812 g/mol. The highest BCUT2D eigenvalue weighted by molar-refractivity contribution is 7.98. The van der Waals surface area contributed by atoms with Crippen molar-refractivity contribution in [1.29, 1.82) is 0 Å². The normalized spacial score (nSPS) is 15.6. The number of carboxylic acid groups (broad SMARTS) is 1. The number of aliphatic hydroxyl groups excluding tert-OH is 1. The molecule has 0 radical (unpaired) electrons. The second kappa shape index (κ2) is 23.3. The molecule has 6 amide bonds. The third kappa shape index (κ3) is 15.9. The Labute approximate surface area is 328 Å². The van der Waals surface area contributed by atoms with Crippen LogP contribution in [0.2, 0.25) is 0 Å². The van der Waals surface area contributed by atoms with E-state index in [4.69, 9.17) is 5.73 Å². The Morgan fingerprint density at radius 2 is 1.22 bits per heavy atom. The maximum atomic E-state index is 13.6. The summed E-state index contributed by atoms with van der Waals surface area (Å²) in [7, 11) is 0. The number of thiol groups is 1. The summed E-state index contributed by atoms with van der Waals surface area (Å²) >= 11 is 5.72. The highest BCUT2D eigenvalue weighted by Gasteiger charge is 2.35. The fourth-order valence-electron chi connectivity index (χ4n) is 5.04. The van der Waals surface area contributed by atoms with Gasteiger partial charge in [0.2, 0.25) is 35.4 Å². The summed E-state index contributed by atoms with van der Waals surface area (Å²) in [6, 6.07) is -8.84. The second-order valence-corrected chi connectivity index (χ2v) is 14.7. The topological polar surface area (TPSA) is 316 Å². The van der Waals surface area contributed by atoms with Gasteiger partial charge in [0.05, 0.1) is 24.8 Å². The Hall–Kier alpha value is -4.67. The van der Waals surface area contributed by atoms with Crippen molar-refractivity contribution in [3.05, 3.63) is 36.4 Å². The molecule has 0 saturated carbocycles. The number of aromatic amines is 2. The molecule has 8 atom stereocenters. The van der Waals surface area contributed by atoms with E-state index in [1.54, 1.807) is 0 Å². The molecule has 2 aromatic rings. The van der Waals surface area contributed by atoms with Gasteiger partial charge in [-0.3, -0.25) is 33.6 Å². The van der Waals surface area contributed by atoms with Crippen LogP contribution in [0.5, 0.6) is 0 Å². The van der Waals surface area contributed by atoms with Crippen LogP contribution in [0.15, 0.2) is 25.0 Å². The molecule has 12 N–H and O–H groups in total. The first kappa shape index (κ1) is 46.5. The Morgan fingerprint density at radius 1 is 0.745 bits per heavy atom. The van der Waals surface area contributed by atoms with Crippen molar-refractivity contribution in [2.75, 3.05) is 17.8 Å². The molecule has 0 spiro atoms. The van der Waals surface area contributed by atoms with Crippen molar-refractivity contribution in [2.45, 2.75) is 102 Å². The Kier molecular flexibility index (Phi) is 19.7. The lowest BCUT2D eigenvalue weighted by Gasteiger charge is -2.28. The summed E-state index contributed by atoms with van der Waals surface area (Å²) in [5, 5.41) is 34.7. The van der Waals surface area contributed by atoms with Gasteiger partial charge >= 0.3 is 5.97 Å². The molecule has 306 valence electrons. The molecule has 0 aliphatic rings.